The number of rotatable bonds is 15. The van der Waals surface area contributed by atoms with Crippen molar-refractivity contribution in [1.82, 2.24) is 15.6 Å². The predicted molar refractivity (Wildman–Crippen MR) is 205 cm³/mol. The minimum absolute atomic E-state index is 0.00308. The van der Waals surface area contributed by atoms with Gasteiger partial charge in [-0.1, -0.05) is 58.0 Å². The number of ether oxygens (including phenoxy) is 3. The average molecular weight is 784 g/mol. The fraction of sp³-hybridized carbons (Fsp3) is 0.415. The van der Waals surface area contributed by atoms with Gasteiger partial charge in [0.05, 0.1) is 32.6 Å². The van der Waals surface area contributed by atoms with Crippen molar-refractivity contribution in [1.29, 1.82) is 0 Å². The van der Waals surface area contributed by atoms with Crippen molar-refractivity contribution in [3.8, 4) is 28.5 Å². The molecule has 3 N–H and O–H groups in total. The summed E-state index contributed by atoms with van der Waals surface area (Å²) in [5, 5.41) is 17.2. The third-order valence-corrected chi connectivity index (χ3v) is 14.9. The maximum atomic E-state index is 15.0. The van der Waals surface area contributed by atoms with Crippen molar-refractivity contribution < 1.29 is 46.1 Å². The van der Waals surface area contributed by atoms with Gasteiger partial charge in [-0.25, -0.2) is 9.37 Å². The standard InChI is InChI=1S/C41H49F4N3O6Si/c1-38(2,3)55(6,7)54-20-19-52-32-18-15-29(21-33(32)51-5)37(49)47-25-40(50,41(43,44)45)34-22-31-36(35(48-34)28-13-16-30(42)17-14-28)53-26-39(31,4)24-46-23-27-11-9-8-10-12-27/h8-18,21-22,46,50H,19-20,23-26H2,1-7H3,(H,47,49)/t39-,40?/m0/s1. The number of nitrogens with one attached hydrogen (secondary N) is 2. The van der Waals surface area contributed by atoms with E-state index in [1.54, 1.807) is 0 Å². The highest BCUT2D eigenvalue weighted by molar-refractivity contribution is 6.74. The van der Waals surface area contributed by atoms with Gasteiger partial charge in [0.25, 0.3) is 5.91 Å². The topological polar surface area (TPSA) is 111 Å². The first kappa shape index (κ1) is 41.7. The minimum atomic E-state index is -5.29. The number of benzene rings is 3. The Morgan fingerprint density at radius 1 is 0.982 bits per heavy atom. The van der Waals surface area contributed by atoms with Gasteiger partial charge in [-0.15, -0.1) is 0 Å². The Bertz CT molecular complexity index is 1960. The molecular weight excluding hydrogens is 735 g/mol. The van der Waals surface area contributed by atoms with Crippen LogP contribution in [0.4, 0.5) is 17.6 Å². The summed E-state index contributed by atoms with van der Waals surface area (Å²) < 4.78 is 82.6. The van der Waals surface area contributed by atoms with E-state index in [9.17, 15) is 14.3 Å². The van der Waals surface area contributed by atoms with Crippen LogP contribution in [0.2, 0.25) is 18.1 Å². The van der Waals surface area contributed by atoms with Gasteiger partial charge < -0.3 is 34.4 Å². The SMILES string of the molecule is COc1cc(C(=O)NCC(O)(c2cc3c(c(-c4ccc(F)cc4)n2)OC[C@]3(C)CNCc2ccccc2)C(F)(F)F)ccc1OCCO[Si](C)(C)C(C)(C)C. The van der Waals surface area contributed by atoms with Crippen molar-refractivity contribution in [2.45, 2.75) is 69.6 Å². The molecule has 0 radical (unpaired) electrons. The van der Waals surface area contributed by atoms with Gasteiger partial charge in [0.1, 0.15) is 23.9 Å². The molecule has 2 heterocycles. The van der Waals surface area contributed by atoms with E-state index in [1.807, 2.05) is 37.3 Å². The number of hydrogen-bond donors (Lipinski definition) is 3. The van der Waals surface area contributed by atoms with Gasteiger partial charge in [0.2, 0.25) is 5.60 Å². The number of halogens is 4. The lowest BCUT2D eigenvalue weighted by Crippen LogP contribution is -2.51. The third-order valence-electron chi connectivity index (χ3n) is 10.4. The molecule has 0 saturated heterocycles. The lowest BCUT2D eigenvalue weighted by molar-refractivity contribution is -0.265. The first-order valence-corrected chi connectivity index (χ1v) is 20.9. The largest absolute Gasteiger partial charge is 0.493 e. The van der Waals surface area contributed by atoms with E-state index in [0.717, 1.165) is 17.7 Å². The van der Waals surface area contributed by atoms with E-state index in [-0.39, 0.29) is 46.6 Å². The van der Waals surface area contributed by atoms with Gasteiger partial charge >= 0.3 is 6.18 Å². The number of hydrogen-bond acceptors (Lipinski definition) is 8. The molecule has 1 aromatic heterocycles. The number of pyridine rings is 1. The second-order valence-corrected chi connectivity index (χ2v) is 20.4. The smallest absolute Gasteiger partial charge is 0.424 e. The monoisotopic (exact) mass is 783 g/mol. The van der Waals surface area contributed by atoms with Gasteiger partial charge in [-0.3, -0.25) is 4.79 Å². The molecule has 3 aromatic carbocycles. The normalized spacial score (nSPS) is 16.9. The Kier molecular flexibility index (Phi) is 12.3. The number of carbonyl (C=O) groups excluding carboxylic acids is 1. The first-order chi connectivity index (χ1) is 25.8. The van der Waals surface area contributed by atoms with Crippen LogP contribution in [0.15, 0.2) is 78.9 Å². The van der Waals surface area contributed by atoms with Crippen molar-refractivity contribution in [2.75, 3.05) is 40.0 Å². The van der Waals surface area contributed by atoms with E-state index in [0.29, 0.717) is 31.0 Å². The number of aliphatic hydroxyl groups is 1. The lowest BCUT2D eigenvalue weighted by Gasteiger charge is -2.36. The average Bonchev–Trinajstić information content (AvgIpc) is 3.47. The summed E-state index contributed by atoms with van der Waals surface area (Å²) in [7, 11) is -0.616. The van der Waals surface area contributed by atoms with Crippen molar-refractivity contribution in [3.05, 3.63) is 107 Å². The van der Waals surface area contributed by atoms with Gasteiger partial charge in [0, 0.05) is 35.2 Å². The van der Waals surface area contributed by atoms with Crippen molar-refractivity contribution >= 4 is 14.2 Å². The molecule has 2 atom stereocenters. The maximum Gasteiger partial charge on any atom is 0.424 e. The molecule has 0 saturated carbocycles. The van der Waals surface area contributed by atoms with Crippen LogP contribution in [0.5, 0.6) is 17.2 Å². The Labute approximate surface area is 320 Å². The Morgan fingerprint density at radius 3 is 2.31 bits per heavy atom. The van der Waals surface area contributed by atoms with Crippen LogP contribution in [-0.2, 0) is 22.0 Å². The molecule has 0 spiro atoms. The molecule has 5 rings (SSSR count). The minimum Gasteiger partial charge on any atom is -0.493 e. The molecular formula is C41H49F4N3O6Si. The fourth-order valence-electron chi connectivity index (χ4n) is 5.92. The molecule has 0 aliphatic carbocycles. The summed E-state index contributed by atoms with van der Waals surface area (Å²) in [6.07, 6.45) is -5.29. The Balaban J connectivity index is 1.40. The molecule has 1 unspecified atom stereocenters. The van der Waals surface area contributed by atoms with Crippen molar-refractivity contribution in [2.24, 2.45) is 0 Å². The molecule has 1 amide bonds. The van der Waals surface area contributed by atoms with E-state index in [1.165, 1.54) is 43.5 Å². The molecule has 4 aromatic rings. The third kappa shape index (κ3) is 9.31. The summed E-state index contributed by atoms with van der Waals surface area (Å²) in [5.41, 5.74) is -3.57. The summed E-state index contributed by atoms with van der Waals surface area (Å²) in [6.45, 7) is 12.7. The molecule has 1 aliphatic heterocycles. The number of carbonyl (C=O) groups is 1. The fourth-order valence-corrected chi connectivity index (χ4v) is 6.94. The second-order valence-electron chi connectivity index (χ2n) is 15.5. The van der Waals surface area contributed by atoms with Crippen LogP contribution >= 0.6 is 0 Å². The summed E-state index contributed by atoms with van der Waals surface area (Å²) in [4.78, 5) is 17.7. The van der Waals surface area contributed by atoms with Crippen molar-refractivity contribution in [3.63, 3.8) is 0 Å². The van der Waals surface area contributed by atoms with Crippen LogP contribution in [0.1, 0.15) is 54.9 Å². The summed E-state index contributed by atoms with van der Waals surface area (Å²) >= 11 is 0. The van der Waals surface area contributed by atoms with Crippen LogP contribution in [0.3, 0.4) is 0 Å². The molecule has 0 fully saturated rings. The quantitative estimate of drug-likeness (QED) is 0.0634. The number of alkyl halides is 3. The second kappa shape index (κ2) is 16.3. The summed E-state index contributed by atoms with van der Waals surface area (Å²) in [6, 6.07) is 20.1. The highest BCUT2D eigenvalue weighted by atomic mass is 28.4. The van der Waals surface area contributed by atoms with Gasteiger partial charge in [0.15, 0.2) is 19.8 Å². The highest BCUT2D eigenvalue weighted by Crippen LogP contribution is 2.48. The maximum absolute atomic E-state index is 15.0. The zero-order valence-electron chi connectivity index (χ0n) is 32.2. The number of nitrogens with zero attached hydrogens (tertiary/aromatic N) is 1. The molecule has 1 aliphatic rings. The molecule has 55 heavy (non-hydrogen) atoms. The summed E-state index contributed by atoms with van der Waals surface area (Å²) in [5.74, 6) is -0.700. The molecule has 9 nitrogen and oxygen atoms in total. The van der Waals surface area contributed by atoms with Gasteiger partial charge in [-0.05, 0) is 72.2 Å². The highest BCUT2D eigenvalue weighted by Gasteiger charge is 2.57. The van der Waals surface area contributed by atoms with E-state index >= 15 is 13.2 Å². The molecule has 296 valence electrons. The van der Waals surface area contributed by atoms with E-state index in [4.69, 9.17) is 18.6 Å². The Morgan fingerprint density at radius 2 is 1.67 bits per heavy atom. The van der Waals surface area contributed by atoms with Crippen LogP contribution in [0, 0.1) is 5.82 Å². The number of aromatic nitrogens is 1. The van der Waals surface area contributed by atoms with Crippen LogP contribution in [-0.4, -0.2) is 70.5 Å². The predicted octanol–water partition coefficient (Wildman–Crippen LogP) is 7.92. The zero-order chi connectivity index (χ0) is 40.2. The lowest BCUT2D eigenvalue weighted by atomic mass is 9.82. The van der Waals surface area contributed by atoms with E-state index in [2.05, 4.69) is 49.5 Å². The number of methoxy groups -OCH3 is 1. The molecule has 0 bridgehead atoms. The molecule has 14 heteroatoms. The zero-order valence-corrected chi connectivity index (χ0v) is 33.2. The van der Waals surface area contributed by atoms with Crippen LogP contribution < -0.4 is 24.8 Å². The Hall–Kier alpha value is -4.50. The number of fused-ring (bicyclic) bond motifs is 1. The number of amides is 1. The van der Waals surface area contributed by atoms with Gasteiger partial charge in [-0.2, -0.15) is 13.2 Å². The van der Waals surface area contributed by atoms with Crippen LogP contribution in [0.25, 0.3) is 11.3 Å². The van der Waals surface area contributed by atoms with E-state index < -0.39 is 49.5 Å². The first-order valence-electron chi connectivity index (χ1n) is 18.0.